The molecular weight excluding hydrogens is 392 g/mol. The lowest BCUT2D eigenvalue weighted by molar-refractivity contribution is 0.0528. The van der Waals surface area contributed by atoms with E-state index in [1.54, 1.807) is 25.3 Å². The number of aromatic nitrogens is 4. The predicted molar refractivity (Wildman–Crippen MR) is 107 cm³/mol. The van der Waals surface area contributed by atoms with Crippen molar-refractivity contribution in [1.29, 1.82) is 0 Å². The molecule has 0 spiro atoms. The van der Waals surface area contributed by atoms with Crippen molar-refractivity contribution in [2.24, 2.45) is 0 Å². The minimum absolute atomic E-state index is 0.134. The summed E-state index contributed by atoms with van der Waals surface area (Å²) in [4.78, 5) is 20.8. The summed E-state index contributed by atoms with van der Waals surface area (Å²) in [6.07, 6.45) is -1.13. The van der Waals surface area contributed by atoms with Gasteiger partial charge in [0.25, 0.3) is 6.43 Å². The van der Waals surface area contributed by atoms with Crippen LogP contribution in [0.1, 0.15) is 29.4 Å². The second-order valence-electron chi connectivity index (χ2n) is 6.27. The molecule has 0 saturated heterocycles. The van der Waals surface area contributed by atoms with E-state index in [9.17, 15) is 13.6 Å². The van der Waals surface area contributed by atoms with Gasteiger partial charge in [-0.1, -0.05) is 24.3 Å². The summed E-state index contributed by atoms with van der Waals surface area (Å²) >= 11 is 0. The molecule has 4 rings (SSSR count). The van der Waals surface area contributed by atoms with E-state index in [1.165, 1.54) is 16.6 Å². The Hall–Kier alpha value is -3.88. The molecule has 0 atom stereocenters. The van der Waals surface area contributed by atoms with Crippen LogP contribution in [-0.2, 0) is 4.74 Å². The number of anilines is 2. The highest BCUT2D eigenvalue weighted by molar-refractivity contribution is 6.01. The summed E-state index contributed by atoms with van der Waals surface area (Å²) in [6, 6.07) is 15.1. The SMILES string of the molecule is CCOC(=O)c1ccn2nc(-c3cccc(C(F)F)n3)nc(Nc3ccccc3)c12. The van der Waals surface area contributed by atoms with Gasteiger partial charge < -0.3 is 10.1 Å². The first-order valence-electron chi connectivity index (χ1n) is 9.21. The molecule has 1 aromatic carbocycles. The second-order valence-corrected chi connectivity index (χ2v) is 6.27. The number of carbonyl (C=O) groups is 1. The number of esters is 1. The molecule has 152 valence electrons. The fourth-order valence-corrected chi connectivity index (χ4v) is 2.95. The normalized spacial score (nSPS) is 11.1. The predicted octanol–water partition coefficient (Wildman–Crippen LogP) is 4.65. The Kier molecular flexibility index (Phi) is 5.34. The lowest BCUT2D eigenvalue weighted by atomic mass is 10.2. The largest absolute Gasteiger partial charge is 0.462 e. The van der Waals surface area contributed by atoms with Crippen LogP contribution in [0.5, 0.6) is 0 Å². The Balaban J connectivity index is 1.88. The highest BCUT2D eigenvalue weighted by Crippen LogP contribution is 2.27. The maximum atomic E-state index is 13.1. The van der Waals surface area contributed by atoms with E-state index in [4.69, 9.17) is 4.74 Å². The smallest absolute Gasteiger partial charge is 0.340 e. The number of carbonyl (C=O) groups excluding carboxylic acids is 1. The standard InChI is InChI=1S/C21H17F2N5O2/c1-2-30-21(29)14-11-12-28-17(14)20(24-13-7-4-3-5-8-13)26-19(27-28)16-10-6-9-15(25-16)18(22)23/h3-12,18H,2H2,1H3,(H,24,26,27). The van der Waals surface area contributed by atoms with Crippen LogP contribution in [0, 0.1) is 0 Å². The zero-order valence-electron chi connectivity index (χ0n) is 15.9. The van der Waals surface area contributed by atoms with Crippen LogP contribution in [0.4, 0.5) is 20.3 Å². The summed E-state index contributed by atoms with van der Waals surface area (Å²) in [5.41, 5.74) is 1.25. The van der Waals surface area contributed by atoms with Crippen molar-refractivity contribution in [1.82, 2.24) is 19.6 Å². The average Bonchev–Trinajstić information content (AvgIpc) is 3.19. The fraction of sp³-hybridized carbons (Fsp3) is 0.143. The molecule has 9 heteroatoms. The molecule has 7 nitrogen and oxygen atoms in total. The number of hydrogen-bond acceptors (Lipinski definition) is 6. The minimum atomic E-state index is -2.71. The maximum absolute atomic E-state index is 13.1. The first-order chi connectivity index (χ1) is 14.6. The van der Waals surface area contributed by atoms with Crippen molar-refractivity contribution < 1.29 is 18.3 Å². The number of ether oxygens (including phenoxy) is 1. The number of nitrogens with one attached hydrogen (secondary N) is 1. The van der Waals surface area contributed by atoms with E-state index in [0.29, 0.717) is 11.3 Å². The van der Waals surface area contributed by atoms with Crippen molar-refractivity contribution in [3.05, 3.63) is 72.1 Å². The first kappa shape index (κ1) is 19.4. The Labute approximate surface area is 170 Å². The highest BCUT2D eigenvalue weighted by atomic mass is 19.3. The first-order valence-corrected chi connectivity index (χ1v) is 9.21. The quantitative estimate of drug-likeness (QED) is 0.467. The summed E-state index contributed by atoms with van der Waals surface area (Å²) < 4.78 is 32.7. The lowest BCUT2D eigenvalue weighted by Gasteiger charge is -2.11. The molecular formula is C21H17F2N5O2. The van der Waals surface area contributed by atoms with E-state index >= 15 is 0 Å². The maximum Gasteiger partial charge on any atom is 0.340 e. The number of fused-ring (bicyclic) bond motifs is 1. The molecule has 0 saturated carbocycles. The Morgan fingerprint density at radius 1 is 1.10 bits per heavy atom. The van der Waals surface area contributed by atoms with Crippen molar-refractivity contribution in [2.45, 2.75) is 13.3 Å². The van der Waals surface area contributed by atoms with E-state index in [-0.39, 0.29) is 29.4 Å². The van der Waals surface area contributed by atoms with Gasteiger partial charge in [-0.25, -0.2) is 28.1 Å². The molecule has 0 fully saturated rings. The van der Waals surface area contributed by atoms with E-state index in [0.717, 1.165) is 5.69 Å². The van der Waals surface area contributed by atoms with E-state index < -0.39 is 12.4 Å². The summed E-state index contributed by atoms with van der Waals surface area (Å²) in [5.74, 6) is -0.0526. The van der Waals surface area contributed by atoms with Crippen LogP contribution in [0.25, 0.3) is 17.0 Å². The number of rotatable bonds is 6. The molecule has 4 aromatic rings. The fourth-order valence-electron chi connectivity index (χ4n) is 2.95. The molecule has 0 aliphatic carbocycles. The third-order valence-corrected chi connectivity index (χ3v) is 4.27. The number of para-hydroxylation sites is 1. The molecule has 1 N–H and O–H groups in total. The average molecular weight is 409 g/mol. The lowest BCUT2D eigenvalue weighted by Crippen LogP contribution is -2.09. The molecule has 30 heavy (non-hydrogen) atoms. The number of hydrogen-bond donors (Lipinski definition) is 1. The molecule has 3 heterocycles. The van der Waals surface area contributed by atoms with Crippen molar-refractivity contribution in [3.63, 3.8) is 0 Å². The van der Waals surface area contributed by atoms with Gasteiger partial charge in [0, 0.05) is 11.9 Å². The van der Waals surface area contributed by atoms with Gasteiger partial charge in [0.05, 0.1) is 12.2 Å². The van der Waals surface area contributed by atoms with Crippen LogP contribution < -0.4 is 5.32 Å². The van der Waals surface area contributed by atoms with Gasteiger partial charge in [0.2, 0.25) is 5.82 Å². The number of benzene rings is 1. The second kappa shape index (κ2) is 8.24. The number of pyridine rings is 1. The van der Waals surface area contributed by atoms with Gasteiger partial charge in [-0.15, -0.1) is 5.10 Å². The summed E-state index contributed by atoms with van der Waals surface area (Å²) in [6.45, 7) is 1.94. The zero-order chi connectivity index (χ0) is 21.1. The summed E-state index contributed by atoms with van der Waals surface area (Å²) in [7, 11) is 0. The number of alkyl halides is 2. The Morgan fingerprint density at radius 3 is 2.63 bits per heavy atom. The molecule has 0 aliphatic heterocycles. The molecule has 0 bridgehead atoms. The van der Waals surface area contributed by atoms with Gasteiger partial charge in [-0.05, 0) is 37.3 Å². The van der Waals surface area contributed by atoms with Crippen LogP contribution >= 0.6 is 0 Å². The third-order valence-electron chi connectivity index (χ3n) is 4.27. The van der Waals surface area contributed by atoms with Crippen molar-refractivity contribution in [3.8, 4) is 11.5 Å². The van der Waals surface area contributed by atoms with Gasteiger partial charge >= 0.3 is 5.97 Å². The summed E-state index contributed by atoms with van der Waals surface area (Å²) in [5, 5.41) is 7.52. The molecule has 3 aromatic heterocycles. The highest BCUT2D eigenvalue weighted by Gasteiger charge is 2.20. The molecule has 0 aliphatic rings. The van der Waals surface area contributed by atoms with E-state index in [2.05, 4.69) is 20.4 Å². The molecule has 0 radical (unpaired) electrons. The third kappa shape index (κ3) is 3.82. The monoisotopic (exact) mass is 409 g/mol. The Bertz CT molecular complexity index is 1190. The zero-order valence-corrected chi connectivity index (χ0v) is 15.9. The minimum Gasteiger partial charge on any atom is -0.462 e. The number of halogens is 2. The van der Waals surface area contributed by atoms with Crippen LogP contribution in [0.15, 0.2) is 60.8 Å². The topological polar surface area (TPSA) is 81.4 Å². The molecule has 0 unspecified atom stereocenters. The van der Waals surface area contributed by atoms with Crippen LogP contribution in [0.2, 0.25) is 0 Å². The van der Waals surface area contributed by atoms with Crippen molar-refractivity contribution >= 4 is 23.0 Å². The Morgan fingerprint density at radius 2 is 1.90 bits per heavy atom. The van der Waals surface area contributed by atoms with Gasteiger partial charge in [-0.3, -0.25) is 0 Å². The number of nitrogens with zero attached hydrogens (tertiary/aromatic N) is 4. The van der Waals surface area contributed by atoms with Crippen molar-refractivity contribution in [2.75, 3.05) is 11.9 Å². The van der Waals surface area contributed by atoms with Crippen LogP contribution in [-0.4, -0.2) is 32.2 Å². The van der Waals surface area contributed by atoms with Gasteiger partial charge in [0.1, 0.15) is 16.9 Å². The van der Waals surface area contributed by atoms with Crippen LogP contribution in [0.3, 0.4) is 0 Å². The van der Waals surface area contributed by atoms with Gasteiger partial charge in [0.15, 0.2) is 5.82 Å². The van der Waals surface area contributed by atoms with Gasteiger partial charge in [-0.2, -0.15) is 0 Å². The van der Waals surface area contributed by atoms with E-state index in [1.807, 2.05) is 30.3 Å². The molecule has 0 amide bonds.